The summed E-state index contributed by atoms with van der Waals surface area (Å²) in [5.74, 6) is 0.817. The number of nitrogens with one attached hydrogen (secondary N) is 1. The van der Waals surface area contributed by atoms with Crippen LogP contribution >= 0.6 is 15.9 Å². The summed E-state index contributed by atoms with van der Waals surface area (Å²) in [7, 11) is 0. The molecule has 1 N–H and O–H groups in total. The molecule has 0 aliphatic heterocycles. The molecule has 1 aliphatic carbocycles. The van der Waals surface area contributed by atoms with Gasteiger partial charge in [0.15, 0.2) is 0 Å². The third-order valence-corrected chi connectivity index (χ3v) is 4.69. The number of halogens is 1. The van der Waals surface area contributed by atoms with E-state index < -0.39 is 0 Å². The van der Waals surface area contributed by atoms with Crippen LogP contribution < -0.4 is 5.32 Å². The van der Waals surface area contributed by atoms with Gasteiger partial charge in [-0.3, -0.25) is 0 Å². The fourth-order valence-electron chi connectivity index (χ4n) is 3.80. The maximum Gasteiger partial charge on any atom is 0.0402 e. The largest absolute Gasteiger partial charge is 0.382 e. The zero-order chi connectivity index (χ0) is 14.2. The highest BCUT2D eigenvalue weighted by molar-refractivity contribution is 9.10. The van der Waals surface area contributed by atoms with Crippen molar-refractivity contribution < 1.29 is 0 Å². The van der Waals surface area contributed by atoms with Crippen LogP contribution in [0.5, 0.6) is 0 Å². The average molecular weight is 324 g/mol. The van der Waals surface area contributed by atoms with Crippen molar-refractivity contribution in [3.8, 4) is 0 Å². The number of aryl methyl sites for hydroxylation is 2. The van der Waals surface area contributed by atoms with Gasteiger partial charge in [-0.2, -0.15) is 0 Å². The zero-order valence-corrected chi connectivity index (χ0v) is 14.4. The van der Waals surface area contributed by atoms with Gasteiger partial charge in [0.25, 0.3) is 0 Å². The molecule has 1 aromatic rings. The molecular weight excluding hydrogens is 298 g/mol. The van der Waals surface area contributed by atoms with E-state index in [4.69, 9.17) is 0 Å². The summed E-state index contributed by atoms with van der Waals surface area (Å²) in [6, 6.07) is 5.01. The molecule has 2 atom stereocenters. The van der Waals surface area contributed by atoms with Gasteiger partial charge in [0.05, 0.1) is 0 Å². The summed E-state index contributed by atoms with van der Waals surface area (Å²) in [4.78, 5) is 0. The van der Waals surface area contributed by atoms with Gasteiger partial charge in [-0.15, -0.1) is 0 Å². The average Bonchev–Trinajstić information content (AvgIpc) is 2.20. The quantitative estimate of drug-likeness (QED) is 0.736. The Morgan fingerprint density at radius 3 is 2.26 bits per heavy atom. The Kier molecular flexibility index (Phi) is 4.29. The predicted molar refractivity (Wildman–Crippen MR) is 87.8 cm³/mol. The monoisotopic (exact) mass is 323 g/mol. The molecule has 2 rings (SSSR count). The van der Waals surface area contributed by atoms with Crippen LogP contribution in [0.25, 0.3) is 0 Å². The van der Waals surface area contributed by atoms with Gasteiger partial charge in [0.2, 0.25) is 0 Å². The van der Waals surface area contributed by atoms with Gasteiger partial charge in [-0.25, -0.2) is 0 Å². The van der Waals surface area contributed by atoms with Gasteiger partial charge in [-0.1, -0.05) is 36.7 Å². The topological polar surface area (TPSA) is 12.0 Å². The molecule has 2 unspecified atom stereocenters. The minimum absolute atomic E-state index is 0.465. The van der Waals surface area contributed by atoms with Crippen molar-refractivity contribution in [1.82, 2.24) is 0 Å². The van der Waals surface area contributed by atoms with Crippen LogP contribution in [0.4, 0.5) is 5.69 Å². The Labute approximate surface area is 126 Å². The van der Waals surface area contributed by atoms with E-state index in [1.807, 2.05) is 0 Å². The highest BCUT2D eigenvalue weighted by Gasteiger charge is 2.32. The van der Waals surface area contributed by atoms with E-state index in [1.165, 1.54) is 40.5 Å². The third kappa shape index (κ3) is 3.75. The van der Waals surface area contributed by atoms with E-state index in [0.29, 0.717) is 11.5 Å². The lowest BCUT2D eigenvalue weighted by Crippen LogP contribution is -2.35. The molecule has 1 saturated carbocycles. The first-order chi connectivity index (χ1) is 8.77. The summed E-state index contributed by atoms with van der Waals surface area (Å²) < 4.78 is 1.17. The van der Waals surface area contributed by atoms with E-state index >= 15 is 0 Å². The van der Waals surface area contributed by atoms with E-state index in [-0.39, 0.29) is 0 Å². The lowest BCUT2D eigenvalue weighted by Gasteiger charge is -2.40. The van der Waals surface area contributed by atoms with Crippen molar-refractivity contribution in [2.75, 3.05) is 5.32 Å². The van der Waals surface area contributed by atoms with Gasteiger partial charge in [0, 0.05) is 16.2 Å². The standard InChI is InChI=1S/C17H26BrN/c1-11-6-15(10-17(4,5)9-11)19-16-12(2)7-14(18)8-13(16)3/h7-8,11,15,19H,6,9-10H2,1-5H3. The lowest BCUT2D eigenvalue weighted by atomic mass is 9.70. The molecule has 1 aliphatic rings. The van der Waals surface area contributed by atoms with Crippen LogP contribution in [0.3, 0.4) is 0 Å². The van der Waals surface area contributed by atoms with Crippen LogP contribution in [-0.4, -0.2) is 6.04 Å². The number of benzene rings is 1. The summed E-state index contributed by atoms with van der Waals surface area (Å²) in [6.07, 6.45) is 3.91. The second-order valence-corrected chi connectivity index (χ2v) is 8.08. The highest BCUT2D eigenvalue weighted by atomic mass is 79.9. The molecule has 0 spiro atoms. The van der Waals surface area contributed by atoms with Crippen molar-refractivity contribution >= 4 is 21.6 Å². The molecular formula is C17H26BrN. The first kappa shape index (κ1) is 14.9. The Bertz CT molecular complexity index is 441. The van der Waals surface area contributed by atoms with E-state index in [9.17, 15) is 0 Å². The van der Waals surface area contributed by atoms with E-state index in [0.717, 1.165) is 5.92 Å². The molecule has 0 saturated heterocycles. The molecule has 2 heteroatoms. The number of hydrogen-bond acceptors (Lipinski definition) is 1. The first-order valence-corrected chi connectivity index (χ1v) is 8.09. The van der Waals surface area contributed by atoms with Crippen LogP contribution in [-0.2, 0) is 0 Å². The van der Waals surface area contributed by atoms with E-state index in [2.05, 4.69) is 68.0 Å². The highest BCUT2D eigenvalue weighted by Crippen LogP contribution is 2.40. The number of hydrogen-bond donors (Lipinski definition) is 1. The Morgan fingerprint density at radius 2 is 1.74 bits per heavy atom. The fourth-order valence-corrected chi connectivity index (χ4v) is 4.49. The predicted octanol–water partition coefficient (Wildman–Crippen LogP) is 5.69. The normalized spacial score (nSPS) is 26.2. The smallest absolute Gasteiger partial charge is 0.0402 e. The molecule has 0 amide bonds. The molecule has 0 heterocycles. The zero-order valence-electron chi connectivity index (χ0n) is 12.8. The molecule has 19 heavy (non-hydrogen) atoms. The molecule has 1 aromatic carbocycles. The maximum absolute atomic E-state index is 3.81. The van der Waals surface area contributed by atoms with Crippen LogP contribution in [0, 0.1) is 25.2 Å². The summed E-state index contributed by atoms with van der Waals surface area (Å²) in [6.45, 7) is 11.6. The van der Waals surface area contributed by atoms with Crippen molar-refractivity contribution in [1.29, 1.82) is 0 Å². The second kappa shape index (κ2) is 5.47. The van der Waals surface area contributed by atoms with Crippen molar-refractivity contribution in [3.63, 3.8) is 0 Å². The summed E-state index contributed by atoms with van der Waals surface area (Å²) in [5.41, 5.74) is 4.47. The number of rotatable bonds is 2. The summed E-state index contributed by atoms with van der Waals surface area (Å²) in [5, 5.41) is 3.81. The fraction of sp³-hybridized carbons (Fsp3) is 0.647. The van der Waals surface area contributed by atoms with Gasteiger partial charge in [0.1, 0.15) is 0 Å². The third-order valence-electron chi connectivity index (χ3n) is 4.23. The second-order valence-electron chi connectivity index (χ2n) is 7.17. The van der Waals surface area contributed by atoms with Gasteiger partial charge < -0.3 is 5.32 Å². The Hall–Kier alpha value is -0.500. The minimum atomic E-state index is 0.465. The number of anilines is 1. The van der Waals surface area contributed by atoms with Crippen molar-refractivity contribution in [3.05, 3.63) is 27.7 Å². The molecule has 1 nitrogen and oxygen atoms in total. The van der Waals surface area contributed by atoms with Crippen LogP contribution in [0.1, 0.15) is 51.2 Å². The molecule has 0 aromatic heterocycles. The van der Waals surface area contributed by atoms with Crippen LogP contribution in [0.2, 0.25) is 0 Å². The van der Waals surface area contributed by atoms with Crippen LogP contribution in [0.15, 0.2) is 16.6 Å². The SMILES string of the molecule is Cc1cc(Br)cc(C)c1NC1CC(C)CC(C)(C)C1. The summed E-state index contributed by atoms with van der Waals surface area (Å²) >= 11 is 3.57. The first-order valence-electron chi connectivity index (χ1n) is 7.30. The molecule has 0 bridgehead atoms. The van der Waals surface area contributed by atoms with Gasteiger partial charge in [-0.05, 0) is 67.7 Å². The minimum Gasteiger partial charge on any atom is -0.382 e. The molecule has 0 radical (unpaired) electrons. The Morgan fingerprint density at radius 1 is 1.16 bits per heavy atom. The van der Waals surface area contributed by atoms with E-state index in [1.54, 1.807) is 0 Å². The van der Waals surface area contributed by atoms with Crippen molar-refractivity contribution in [2.24, 2.45) is 11.3 Å². The Balaban J connectivity index is 2.17. The lowest BCUT2D eigenvalue weighted by molar-refractivity contribution is 0.178. The van der Waals surface area contributed by atoms with Crippen molar-refractivity contribution in [2.45, 2.75) is 59.9 Å². The molecule has 106 valence electrons. The van der Waals surface area contributed by atoms with Gasteiger partial charge >= 0.3 is 0 Å². The maximum atomic E-state index is 3.81. The molecule has 1 fully saturated rings.